The number of nitro benzene ring substituents is 1. The molecule has 0 saturated heterocycles. The zero-order valence-electron chi connectivity index (χ0n) is 9.93. The number of nitrogens with zero attached hydrogens (tertiary/aromatic N) is 1. The van der Waals surface area contributed by atoms with Crippen LogP contribution in [0.4, 0.5) is 14.5 Å². The molecule has 2 aromatic rings. The van der Waals surface area contributed by atoms with Gasteiger partial charge in [0, 0.05) is 4.88 Å². The van der Waals surface area contributed by atoms with E-state index in [1.807, 2.05) is 0 Å². The maximum Gasteiger partial charge on any atom is 0.308 e. The zero-order chi connectivity index (χ0) is 14.7. The predicted octanol–water partition coefficient (Wildman–Crippen LogP) is 2.86. The van der Waals surface area contributed by atoms with Crippen molar-refractivity contribution < 1.29 is 18.5 Å². The second kappa shape index (κ2) is 5.74. The van der Waals surface area contributed by atoms with Crippen LogP contribution in [0.1, 0.15) is 15.2 Å². The molecule has 104 valence electrons. The zero-order valence-corrected chi connectivity index (χ0v) is 10.7. The van der Waals surface area contributed by atoms with Crippen molar-refractivity contribution in [2.24, 2.45) is 0 Å². The number of halogens is 2. The summed E-state index contributed by atoms with van der Waals surface area (Å²) < 4.78 is 26.9. The van der Waals surface area contributed by atoms with Gasteiger partial charge >= 0.3 is 5.69 Å². The van der Waals surface area contributed by atoms with E-state index in [0.29, 0.717) is 12.1 Å². The Morgan fingerprint density at radius 1 is 1.40 bits per heavy atom. The number of hydrogen-bond acceptors (Lipinski definition) is 4. The standard InChI is InChI=1S/C12H8F2N2O3S/c13-7-4-9(11(14)10(5-7)16(18)19)12(17)15-6-8-2-1-3-20-8/h1-5H,6H2,(H,15,17). The maximum absolute atomic E-state index is 13.8. The second-order valence-corrected chi connectivity index (χ2v) is 4.84. The Morgan fingerprint density at radius 2 is 2.15 bits per heavy atom. The summed E-state index contributed by atoms with van der Waals surface area (Å²) in [6, 6.07) is 4.60. The Bertz CT molecular complexity index is 659. The maximum atomic E-state index is 13.8. The number of carbonyl (C=O) groups excluding carboxylic acids is 1. The van der Waals surface area contributed by atoms with Gasteiger partial charge in [0.2, 0.25) is 5.82 Å². The first-order valence-electron chi connectivity index (χ1n) is 5.43. The van der Waals surface area contributed by atoms with E-state index in [9.17, 15) is 23.7 Å². The van der Waals surface area contributed by atoms with Crippen LogP contribution in [0.3, 0.4) is 0 Å². The molecule has 0 aliphatic carbocycles. The molecule has 20 heavy (non-hydrogen) atoms. The van der Waals surface area contributed by atoms with E-state index in [1.54, 1.807) is 17.5 Å². The van der Waals surface area contributed by atoms with Crippen molar-refractivity contribution in [2.75, 3.05) is 0 Å². The van der Waals surface area contributed by atoms with Crippen molar-refractivity contribution in [3.8, 4) is 0 Å². The molecule has 1 aromatic carbocycles. The first-order chi connectivity index (χ1) is 9.49. The third kappa shape index (κ3) is 2.97. The van der Waals surface area contributed by atoms with Crippen LogP contribution < -0.4 is 5.32 Å². The molecule has 1 aromatic heterocycles. The van der Waals surface area contributed by atoms with E-state index >= 15 is 0 Å². The van der Waals surface area contributed by atoms with E-state index in [-0.39, 0.29) is 6.54 Å². The molecule has 0 fully saturated rings. The lowest BCUT2D eigenvalue weighted by Crippen LogP contribution is -2.24. The molecule has 0 unspecified atom stereocenters. The highest BCUT2D eigenvalue weighted by Crippen LogP contribution is 2.22. The fourth-order valence-corrected chi connectivity index (χ4v) is 2.19. The normalized spacial score (nSPS) is 10.3. The van der Waals surface area contributed by atoms with Gasteiger partial charge in [-0.25, -0.2) is 4.39 Å². The van der Waals surface area contributed by atoms with Crippen molar-refractivity contribution in [1.82, 2.24) is 5.32 Å². The van der Waals surface area contributed by atoms with Crippen molar-refractivity contribution in [1.29, 1.82) is 0 Å². The SMILES string of the molecule is O=C(NCc1cccs1)c1cc(F)cc([N+](=O)[O-])c1F. The third-order valence-electron chi connectivity index (χ3n) is 2.46. The number of amides is 1. The van der Waals surface area contributed by atoms with E-state index in [1.165, 1.54) is 11.3 Å². The Labute approximate surface area is 116 Å². The van der Waals surface area contributed by atoms with Gasteiger partial charge in [0.05, 0.1) is 23.1 Å². The van der Waals surface area contributed by atoms with Crippen LogP contribution in [0.5, 0.6) is 0 Å². The predicted molar refractivity (Wildman–Crippen MR) is 68.5 cm³/mol. The summed E-state index contributed by atoms with van der Waals surface area (Å²) >= 11 is 1.38. The highest BCUT2D eigenvalue weighted by Gasteiger charge is 2.24. The molecule has 0 atom stereocenters. The van der Waals surface area contributed by atoms with Gasteiger partial charge in [-0.05, 0) is 17.5 Å². The molecule has 0 aliphatic rings. The van der Waals surface area contributed by atoms with Gasteiger partial charge < -0.3 is 5.32 Å². The number of nitrogens with one attached hydrogen (secondary N) is 1. The summed E-state index contributed by atoms with van der Waals surface area (Å²) in [4.78, 5) is 22.1. The van der Waals surface area contributed by atoms with Crippen LogP contribution in [0, 0.1) is 21.7 Å². The summed E-state index contributed by atoms with van der Waals surface area (Å²) in [5.41, 5.74) is -1.75. The van der Waals surface area contributed by atoms with E-state index in [4.69, 9.17) is 0 Å². The highest BCUT2D eigenvalue weighted by atomic mass is 32.1. The fourth-order valence-electron chi connectivity index (χ4n) is 1.55. The molecule has 0 spiro atoms. The summed E-state index contributed by atoms with van der Waals surface area (Å²) in [5.74, 6) is -3.29. The third-order valence-corrected chi connectivity index (χ3v) is 3.34. The lowest BCUT2D eigenvalue weighted by atomic mass is 10.1. The smallest absolute Gasteiger partial charge is 0.308 e. The molecular weight excluding hydrogens is 290 g/mol. The molecular formula is C12H8F2N2O3S. The first-order valence-corrected chi connectivity index (χ1v) is 6.31. The highest BCUT2D eigenvalue weighted by molar-refractivity contribution is 7.09. The van der Waals surface area contributed by atoms with Crippen molar-refractivity contribution in [2.45, 2.75) is 6.54 Å². The minimum Gasteiger partial charge on any atom is -0.347 e. The number of benzene rings is 1. The van der Waals surface area contributed by atoms with Gasteiger partial charge in [0.15, 0.2) is 0 Å². The monoisotopic (exact) mass is 298 g/mol. The number of nitro groups is 1. The topological polar surface area (TPSA) is 72.2 Å². The molecule has 0 aliphatic heterocycles. The molecule has 1 heterocycles. The van der Waals surface area contributed by atoms with Crippen molar-refractivity contribution in [3.05, 3.63) is 61.8 Å². The summed E-state index contributed by atoms with van der Waals surface area (Å²) in [5, 5.41) is 14.7. The Hall–Kier alpha value is -2.35. The molecule has 1 N–H and O–H groups in total. The molecule has 1 amide bonds. The average molecular weight is 298 g/mol. The van der Waals surface area contributed by atoms with Crippen LogP contribution in [0.15, 0.2) is 29.6 Å². The summed E-state index contributed by atoms with van der Waals surface area (Å²) in [7, 11) is 0. The Kier molecular flexibility index (Phi) is 4.04. The number of thiophene rings is 1. The van der Waals surface area contributed by atoms with Crippen LogP contribution in [-0.4, -0.2) is 10.8 Å². The summed E-state index contributed by atoms with van der Waals surface area (Å²) in [6.07, 6.45) is 0. The minimum atomic E-state index is -1.35. The molecule has 0 bridgehead atoms. The Balaban J connectivity index is 2.23. The van der Waals surface area contributed by atoms with Gasteiger partial charge in [-0.1, -0.05) is 6.07 Å². The van der Waals surface area contributed by atoms with E-state index in [2.05, 4.69) is 5.32 Å². The molecule has 0 radical (unpaired) electrons. The lowest BCUT2D eigenvalue weighted by molar-refractivity contribution is -0.387. The van der Waals surface area contributed by atoms with Crippen LogP contribution in [0.25, 0.3) is 0 Å². The van der Waals surface area contributed by atoms with E-state index in [0.717, 1.165) is 4.88 Å². The number of rotatable bonds is 4. The minimum absolute atomic E-state index is 0.139. The Morgan fingerprint density at radius 3 is 2.75 bits per heavy atom. The average Bonchev–Trinajstić information content (AvgIpc) is 2.91. The molecule has 5 nitrogen and oxygen atoms in total. The van der Waals surface area contributed by atoms with Crippen molar-refractivity contribution in [3.63, 3.8) is 0 Å². The largest absolute Gasteiger partial charge is 0.347 e. The van der Waals surface area contributed by atoms with Crippen LogP contribution in [0.2, 0.25) is 0 Å². The van der Waals surface area contributed by atoms with Crippen LogP contribution >= 0.6 is 11.3 Å². The quantitative estimate of drug-likeness (QED) is 0.697. The molecule has 0 saturated carbocycles. The van der Waals surface area contributed by atoms with Gasteiger partial charge in [-0.3, -0.25) is 14.9 Å². The lowest BCUT2D eigenvalue weighted by Gasteiger charge is -2.05. The first kappa shape index (κ1) is 14.1. The summed E-state index contributed by atoms with van der Waals surface area (Å²) in [6.45, 7) is 0.139. The fraction of sp³-hybridized carbons (Fsp3) is 0.0833. The number of hydrogen-bond donors (Lipinski definition) is 1. The molecule has 2 rings (SSSR count). The number of carbonyl (C=O) groups is 1. The molecule has 8 heteroatoms. The van der Waals surface area contributed by atoms with Gasteiger partial charge in [-0.2, -0.15) is 4.39 Å². The van der Waals surface area contributed by atoms with Gasteiger partial charge in [0.1, 0.15) is 5.82 Å². The van der Waals surface area contributed by atoms with E-state index < -0.39 is 33.7 Å². The second-order valence-electron chi connectivity index (χ2n) is 3.81. The van der Waals surface area contributed by atoms with Gasteiger partial charge in [0.25, 0.3) is 5.91 Å². The van der Waals surface area contributed by atoms with Crippen molar-refractivity contribution >= 4 is 22.9 Å². The van der Waals surface area contributed by atoms with Gasteiger partial charge in [-0.15, -0.1) is 11.3 Å². The van der Waals surface area contributed by atoms with Crippen LogP contribution in [-0.2, 0) is 6.54 Å².